The van der Waals surface area contributed by atoms with Gasteiger partial charge in [-0.3, -0.25) is 18.7 Å². The molecule has 0 aliphatic carbocycles. The van der Waals surface area contributed by atoms with Crippen molar-refractivity contribution in [3.8, 4) is 5.69 Å². The van der Waals surface area contributed by atoms with Crippen LogP contribution in [0.5, 0.6) is 0 Å². The zero-order chi connectivity index (χ0) is 20.4. The molecule has 1 aliphatic heterocycles. The van der Waals surface area contributed by atoms with Crippen LogP contribution in [0.25, 0.3) is 5.69 Å². The van der Waals surface area contributed by atoms with Gasteiger partial charge in [0.05, 0.1) is 11.4 Å². The lowest BCUT2D eigenvalue weighted by Gasteiger charge is -2.37. The molecule has 1 aromatic carbocycles. The van der Waals surface area contributed by atoms with Gasteiger partial charge in [-0.25, -0.2) is 4.79 Å². The van der Waals surface area contributed by atoms with Crippen molar-refractivity contribution in [2.45, 2.75) is 27.2 Å². The summed E-state index contributed by atoms with van der Waals surface area (Å²) in [6, 6.07) is 9.33. The maximum atomic E-state index is 12.9. The maximum absolute atomic E-state index is 12.9. The van der Waals surface area contributed by atoms with E-state index < -0.39 is 0 Å². The molecule has 0 atom stereocenters. The van der Waals surface area contributed by atoms with Crippen LogP contribution < -0.4 is 16.1 Å². The van der Waals surface area contributed by atoms with Gasteiger partial charge in [0.15, 0.2) is 0 Å². The van der Waals surface area contributed by atoms with E-state index in [1.165, 1.54) is 7.05 Å². The first-order valence-electron chi connectivity index (χ1n) is 9.72. The Morgan fingerprint density at radius 2 is 1.64 bits per heavy atom. The van der Waals surface area contributed by atoms with Crippen molar-refractivity contribution >= 4 is 11.6 Å². The first-order chi connectivity index (χ1) is 13.3. The number of benzene rings is 1. The lowest BCUT2D eigenvalue weighted by atomic mass is 10.1. The highest BCUT2D eigenvalue weighted by Gasteiger charge is 2.26. The van der Waals surface area contributed by atoms with Gasteiger partial charge in [-0.15, -0.1) is 0 Å². The van der Waals surface area contributed by atoms with E-state index in [1.54, 1.807) is 11.5 Å². The molecular weight excluding hydrogens is 356 g/mol. The third-order valence-electron chi connectivity index (χ3n) is 5.21. The molecule has 1 saturated heterocycles. The van der Waals surface area contributed by atoms with Crippen molar-refractivity contribution in [1.82, 2.24) is 14.0 Å². The molecule has 2 heterocycles. The minimum atomic E-state index is -0.358. The maximum Gasteiger partial charge on any atom is 0.335 e. The Balaban J connectivity index is 1.94. The molecule has 0 radical (unpaired) electrons. The van der Waals surface area contributed by atoms with E-state index in [2.05, 4.69) is 0 Å². The number of piperazine rings is 1. The van der Waals surface area contributed by atoms with Crippen molar-refractivity contribution in [3.63, 3.8) is 0 Å². The molecule has 7 heteroatoms. The molecule has 3 rings (SSSR count). The van der Waals surface area contributed by atoms with Crippen LogP contribution in [0, 0.1) is 12.8 Å². The molecule has 0 unspecified atom stereocenters. The SMILES string of the molecule is Cc1c(N2CCN(C(=O)CC(C)C)CC2)c(=O)n(C)c(=O)n1-c1ccccc1. The fourth-order valence-corrected chi connectivity index (χ4v) is 3.70. The van der Waals surface area contributed by atoms with Crippen LogP contribution in [0.4, 0.5) is 5.69 Å². The number of rotatable bonds is 4. The number of hydrogen-bond donors (Lipinski definition) is 0. The van der Waals surface area contributed by atoms with Crippen molar-refractivity contribution in [2.24, 2.45) is 13.0 Å². The molecule has 0 N–H and O–H groups in total. The van der Waals surface area contributed by atoms with Crippen LogP contribution in [0.1, 0.15) is 26.0 Å². The van der Waals surface area contributed by atoms with Gasteiger partial charge < -0.3 is 9.80 Å². The molecule has 150 valence electrons. The summed E-state index contributed by atoms with van der Waals surface area (Å²) in [6.45, 7) is 8.19. The fourth-order valence-electron chi connectivity index (χ4n) is 3.70. The average molecular weight is 384 g/mol. The van der Waals surface area contributed by atoms with Gasteiger partial charge in [0.25, 0.3) is 5.56 Å². The highest BCUT2D eigenvalue weighted by molar-refractivity contribution is 5.76. The van der Waals surface area contributed by atoms with Gasteiger partial charge in [-0.2, -0.15) is 0 Å². The molecule has 1 aromatic heterocycles. The van der Waals surface area contributed by atoms with E-state index in [0.717, 1.165) is 10.3 Å². The van der Waals surface area contributed by atoms with E-state index in [9.17, 15) is 14.4 Å². The number of aromatic nitrogens is 2. The van der Waals surface area contributed by atoms with Crippen molar-refractivity contribution in [1.29, 1.82) is 0 Å². The highest BCUT2D eigenvalue weighted by Crippen LogP contribution is 2.19. The minimum Gasteiger partial charge on any atom is -0.362 e. The van der Waals surface area contributed by atoms with Gasteiger partial charge in [0, 0.05) is 39.6 Å². The molecule has 1 fully saturated rings. The quantitative estimate of drug-likeness (QED) is 0.802. The average Bonchev–Trinajstić information content (AvgIpc) is 2.67. The number of carbonyl (C=O) groups excluding carboxylic acids is 1. The minimum absolute atomic E-state index is 0.161. The first kappa shape index (κ1) is 19.9. The summed E-state index contributed by atoms with van der Waals surface area (Å²) in [4.78, 5) is 41.8. The smallest absolute Gasteiger partial charge is 0.335 e. The number of anilines is 1. The Morgan fingerprint density at radius 1 is 1.04 bits per heavy atom. The van der Waals surface area contributed by atoms with Gasteiger partial charge in [0.1, 0.15) is 5.69 Å². The van der Waals surface area contributed by atoms with Crippen molar-refractivity contribution < 1.29 is 4.79 Å². The van der Waals surface area contributed by atoms with Crippen LogP contribution in [0.3, 0.4) is 0 Å². The zero-order valence-corrected chi connectivity index (χ0v) is 17.0. The number of nitrogens with zero attached hydrogens (tertiary/aromatic N) is 4. The van der Waals surface area contributed by atoms with Gasteiger partial charge in [-0.1, -0.05) is 32.0 Å². The molecule has 1 amide bonds. The predicted octanol–water partition coefficient (Wildman–Crippen LogP) is 1.54. The summed E-state index contributed by atoms with van der Waals surface area (Å²) < 4.78 is 2.73. The van der Waals surface area contributed by atoms with Gasteiger partial charge in [-0.05, 0) is 25.0 Å². The second kappa shape index (κ2) is 8.04. The summed E-state index contributed by atoms with van der Waals surface area (Å²) in [5.41, 5.74) is 1.23. The van der Waals surface area contributed by atoms with Crippen LogP contribution in [0.2, 0.25) is 0 Å². The lowest BCUT2D eigenvalue weighted by Crippen LogP contribution is -2.52. The first-order valence-corrected chi connectivity index (χ1v) is 9.72. The second-order valence-corrected chi connectivity index (χ2v) is 7.72. The van der Waals surface area contributed by atoms with E-state index in [-0.39, 0.29) is 17.2 Å². The summed E-state index contributed by atoms with van der Waals surface area (Å²) in [5, 5.41) is 0. The molecule has 2 aromatic rings. The fraction of sp³-hybridized carbons (Fsp3) is 0.476. The van der Waals surface area contributed by atoms with Crippen molar-refractivity contribution in [2.75, 3.05) is 31.1 Å². The van der Waals surface area contributed by atoms with E-state index in [0.29, 0.717) is 49.9 Å². The van der Waals surface area contributed by atoms with Crippen LogP contribution >= 0.6 is 0 Å². The Hall–Kier alpha value is -2.83. The van der Waals surface area contributed by atoms with Crippen LogP contribution in [-0.4, -0.2) is 46.1 Å². The monoisotopic (exact) mass is 384 g/mol. The van der Waals surface area contributed by atoms with Crippen LogP contribution in [0.15, 0.2) is 39.9 Å². The standard InChI is InChI=1S/C21H28N4O3/c1-15(2)14-18(26)23-10-12-24(13-11-23)19-16(3)25(17-8-6-5-7-9-17)21(28)22(4)20(19)27/h5-9,15H,10-14H2,1-4H3. The van der Waals surface area contributed by atoms with E-state index in [4.69, 9.17) is 0 Å². The third kappa shape index (κ3) is 3.74. The number of carbonyl (C=O) groups is 1. The van der Waals surface area contributed by atoms with Crippen molar-refractivity contribution in [3.05, 3.63) is 56.9 Å². The summed E-state index contributed by atoms with van der Waals surface area (Å²) >= 11 is 0. The number of hydrogen-bond acceptors (Lipinski definition) is 4. The molecule has 0 bridgehead atoms. The largest absolute Gasteiger partial charge is 0.362 e. The Kier molecular flexibility index (Phi) is 5.72. The second-order valence-electron chi connectivity index (χ2n) is 7.72. The molecule has 0 saturated carbocycles. The lowest BCUT2D eigenvalue weighted by molar-refractivity contribution is -0.132. The normalized spacial score (nSPS) is 14.6. The molecule has 28 heavy (non-hydrogen) atoms. The van der Waals surface area contributed by atoms with Gasteiger partial charge >= 0.3 is 5.69 Å². The predicted molar refractivity (Wildman–Crippen MR) is 110 cm³/mol. The number of para-hydroxylation sites is 1. The van der Waals surface area contributed by atoms with E-state index in [1.807, 2.05) is 54.0 Å². The van der Waals surface area contributed by atoms with Crippen LogP contribution in [-0.2, 0) is 11.8 Å². The van der Waals surface area contributed by atoms with E-state index >= 15 is 0 Å². The third-order valence-corrected chi connectivity index (χ3v) is 5.21. The Bertz CT molecular complexity index is 968. The number of amides is 1. The highest BCUT2D eigenvalue weighted by atomic mass is 16.2. The summed E-state index contributed by atoms with van der Waals surface area (Å²) in [6.07, 6.45) is 0.541. The zero-order valence-electron chi connectivity index (χ0n) is 17.0. The van der Waals surface area contributed by atoms with Gasteiger partial charge in [0.2, 0.25) is 5.91 Å². The Morgan fingerprint density at radius 3 is 2.21 bits per heavy atom. The molecule has 1 aliphatic rings. The molecular formula is C21H28N4O3. The topological polar surface area (TPSA) is 67.6 Å². The summed E-state index contributed by atoms with van der Waals surface area (Å²) in [5.74, 6) is 0.489. The summed E-state index contributed by atoms with van der Waals surface area (Å²) in [7, 11) is 1.51. The molecule has 7 nitrogen and oxygen atoms in total. The molecule has 0 spiro atoms. The Labute approximate surface area is 164 Å².